The number of hydrazine groups is 1. The topological polar surface area (TPSA) is 86.4 Å². The molecule has 4 heterocycles. The number of carbonyl (C=O) groups is 1. The molecule has 1 fully saturated rings. The third kappa shape index (κ3) is 5.92. The molecule has 41 heavy (non-hydrogen) atoms. The third-order valence-corrected chi connectivity index (χ3v) is 7.12. The highest BCUT2D eigenvalue weighted by Gasteiger charge is 2.30. The van der Waals surface area contributed by atoms with E-state index < -0.39 is 11.7 Å². The molecule has 2 aliphatic heterocycles. The Bertz CT molecular complexity index is 1540. The number of rotatable bonds is 5. The van der Waals surface area contributed by atoms with Gasteiger partial charge in [-0.25, -0.2) is 19.5 Å². The molecule has 1 N–H and O–H groups in total. The van der Waals surface area contributed by atoms with Gasteiger partial charge in [0.15, 0.2) is 0 Å². The molecule has 6 rings (SSSR count). The first-order chi connectivity index (χ1) is 19.8. The maximum atomic E-state index is 13.0. The summed E-state index contributed by atoms with van der Waals surface area (Å²) >= 11 is 0. The van der Waals surface area contributed by atoms with E-state index in [-0.39, 0.29) is 6.23 Å². The van der Waals surface area contributed by atoms with Crippen LogP contribution in [0.2, 0.25) is 0 Å². The van der Waals surface area contributed by atoms with Crippen LogP contribution in [0.15, 0.2) is 55.2 Å². The highest BCUT2D eigenvalue weighted by atomic mass is 16.6. The van der Waals surface area contributed by atoms with Crippen LogP contribution in [0, 0.1) is 0 Å². The summed E-state index contributed by atoms with van der Waals surface area (Å²) < 4.78 is 15.1. The summed E-state index contributed by atoms with van der Waals surface area (Å²) in [5.74, 6) is 0. The lowest BCUT2D eigenvalue weighted by atomic mass is 10.0. The van der Waals surface area contributed by atoms with E-state index in [0.717, 1.165) is 59.4 Å². The average molecular weight is 557 g/mol. The van der Waals surface area contributed by atoms with Crippen molar-refractivity contribution in [2.24, 2.45) is 0 Å². The van der Waals surface area contributed by atoms with E-state index in [1.165, 1.54) is 12.0 Å². The minimum absolute atomic E-state index is 0.0575. The van der Waals surface area contributed by atoms with E-state index in [1.807, 2.05) is 69.8 Å². The van der Waals surface area contributed by atoms with Crippen LogP contribution in [0.25, 0.3) is 28.2 Å². The molecule has 1 unspecified atom stereocenters. The van der Waals surface area contributed by atoms with Crippen molar-refractivity contribution in [3.05, 3.63) is 72.1 Å². The van der Waals surface area contributed by atoms with E-state index in [4.69, 9.17) is 9.47 Å². The quantitative estimate of drug-likeness (QED) is 0.291. The fourth-order valence-corrected chi connectivity index (χ4v) is 5.37. The maximum absolute atomic E-state index is 13.0. The van der Waals surface area contributed by atoms with Gasteiger partial charge < -0.3 is 9.47 Å². The lowest BCUT2D eigenvalue weighted by Crippen LogP contribution is -2.44. The predicted molar refractivity (Wildman–Crippen MR) is 162 cm³/mol. The monoisotopic (exact) mass is 556 g/mol. The molecule has 0 aliphatic carbocycles. The standard InChI is InChI=1S/C30H34N6O3.C2H6/c1-5-22-16-21-13-12-20(15-27(21)35(22)29(37)39-30(2,3)4)18-34-19-25(32-33-34)23-9-8-10-26-24(23)17-31-36(26)28-11-6-7-14-38-28;1-2/h5,8-10,12-13,15-16,19,28,31H,1,6-7,11,14,17-18H2,2-4H3;1-2H3. The second kappa shape index (κ2) is 11.9. The molecular formula is C32H40N6O3. The number of ether oxygens (including phenoxy) is 2. The molecule has 1 atom stereocenters. The minimum Gasteiger partial charge on any atom is -0.443 e. The molecule has 9 heteroatoms. The average Bonchev–Trinajstić information content (AvgIpc) is 3.70. The summed E-state index contributed by atoms with van der Waals surface area (Å²) in [7, 11) is 0. The number of hydrogen-bond acceptors (Lipinski definition) is 7. The van der Waals surface area contributed by atoms with Crippen LogP contribution in [0.4, 0.5) is 10.5 Å². The highest BCUT2D eigenvalue weighted by Crippen LogP contribution is 2.36. The zero-order valence-corrected chi connectivity index (χ0v) is 24.7. The van der Waals surface area contributed by atoms with Gasteiger partial charge in [0.1, 0.15) is 17.5 Å². The number of fused-ring (bicyclic) bond motifs is 2. The van der Waals surface area contributed by atoms with Crippen molar-refractivity contribution >= 4 is 28.8 Å². The zero-order valence-electron chi connectivity index (χ0n) is 24.7. The summed E-state index contributed by atoms with van der Waals surface area (Å²) in [4.78, 5) is 13.0. The number of carbonyl (C=O) groups excluding carboxylic acids is 1. The number of nitrogens with one attached hydrogen (secondary N) is 1. The van der Waals surface area contributed by atoms with Crippen molar-refractivity contribution in [2.45, 2.75) is 78.8 Å². The third-order valence-electron chi connectivity index (χ3n) is 7.12. The van der Waals surface area contributed by atoms with Crippen LogP contribution in [0.1, 0.15) is 70.7 Å². The molecule has 2 aromatic heterocycles. The molecule has 9 nitrogen and oxygen atoms in total. The largest absolute Gasteiger partial charge is 0.443 e. The van der Waals surface area contributed by atoms with Crippen molar-refractivity contribution in [1.29, 1.82) is 0 Å². The number of nitrogens with zero attached hydrogens (tertiary/aromatic N) is 5. The van der Waals surface area contributed by atoms with Crippen molar-refractivity contribution in [3.63, 3.8) is 0 Å². The molecule has 2 aliphatic rings. The summed E-state index contributed by atoms with van der Waals surface area (Å²) in [5, 5.41) is 12.0. The first kappa shape index (κ1) is 28.6. The lowest BCUT2D eigenvalue weighted by Gasteiger charge is -2.32. The second-order valence-electron chi connectivity index (χ2n) is 11.1. The van der Waals surface area contributed by atoms with E-state index in [9.17, 15) is 4.79 Å². The summed E-state index contributed by atoms with van der Waals surface area (Å²) in [5.41, 5.74) is 9.60. The fourth-order valence-electron chi connectivity index (χ4n) is 5.37. The normalized spacial score (nSPS) is 16.7. The molecule has 0 amide bonds. The van der Waals surface area contributed by atoms with Gasteiger partial charge in [-0.1, -0.05) is 49.9 Å². The smallest absolute Gasteiger partial charge is 0.419 e. The Morgan fingerprint density at radius 1 is 1.20 bits per heavy atom. The molecule has 0 saturated carbocycles. The Morgan fingerprint density at radius 2 is 2.02 bits per heavy atom. The molecule has 0 bridgehead atoms. The van der Waals surface area contributed by atoms with Crippen LogP contribution >= 0.6 is 0 Å². The van der Waals surface area contributed by atoms with Gasteiger partial charge in [0.25, 0.3) is 0 Å². The van der Waals surface area contributed by atoms with Crippen LogP contribution in [-0.4, -0.2) is 44.1 Å². The van der Waals surface area contributed by atoms with Crippen LogP contribution in [-0.2, 0) is 22.6 Å². The van der Waals surface area contributed by atoms with Crippen molar-refractivity contribution in [2.75, 3.05) is 11.6 Å². The molecule has 0 spiro atoms. The first-order valence-electron chi connectivity index (χ1n) is 14.5. The SMILES string of the molecule is C=Cc1cc2ccc(Cn3cc(-c4cccc5c4CNN5C4CCCCO4)nn3)cc2n1C(=O)OC(C)(C)C.CC. The lowest BCUT2D eigenvalue weighted by molar-refractivity contribution is 0.00928. The molecule has 2 aromatic carbocycles. The molecule has 4 aromatic rings. The van der Waals surface area contributed by atoms with Crippen molar-refractivity contribution in [1.82, 2.24) is 25.0 Å². The van der Waals surface area contributed by atoms with Crippen LogP contribution in [0.3, 0.4) is 0 Å². The first-order valence-corrected chi connectivity index (χ1v) is 14.5. The Balaban J connectivity index is 0.00000165. The Morgan fingerprint density at radius 3 is 2.76 bits per heavy atom. The highest BCUT2D eigenvalue weighted by molar-refractivity contribution is 5.93. The predicted octanol–water partition coefficient (Wildman–Crippen LogP) is 6.75. The Labute approximate surface area is 241 Å². The number of benzene rings is 2. The van der Waals surface area contributed by atoms with Gasteiger partial charge in [-0.15, -0.1) is 5.10 Å². The summed E-state index contributed by atoms with van der Waals surface area (Å²) in [6, 6.07) is 14.3. The van der Waals surface area contributed by atoms with Gasteiger partial charge in [0.2, 0.25) is 0 Å². The summed E-state index contributed by atoms with van der Waals surface area (Å²) in [6.07, 6.45) is 6.59. The van der Waals surface area contributed by atoms with Crippen LogP contribution < -0.4 is 10.4 Å². The van der Waals surface area contributed by atoms with Gasteiger partial charge in [0.05, 0.1) is 29.6 Å². The number of aromatic nitrogens is 4. The van der Waals surface area contributed by atoms with Gasteiger partial charge in [-0.3, -0.25) is 5.01 Å². The van der Waals surface area contributed by atoms with Crippen molar-refractivity contribution < 1.29 is 14.3 Å². The Kier molecular flexibility index (Phi) is 8.28. The number of hydrogen-bond donors (Lipinski definition) is 1. The minimum atomic E-state index is -0.603. The van der Waals surface area contributed by atoms with E-state index >= 15 is 0 Å². The summed E-state index contributed by atoms with van der Waals surface area (Å²) in [6.45, 7) is 15.5. The van der Waals surface area contributed by atoms with Gasteiger partial charge >= 0.3 is 6.09 Å². The molecule has 1 saturated heterocycles. The van der Waals surface area contributed by atoms with E-state index in [0.29, 0.717) is 12.2 Å². The van der Waals surface area contributed by atoms with Crippen molar-refractivity contribution in [3.8, 4) is 11.3 Å². The maximum Gasteiger partial charge on any atom is 0.419 e. The Hall–Kier alpha value is -3.95. The zero-order chi connectivity index (χ0) is 29.1. The van der Waals surface area contributed by atoms with E-state index in [1.54, 1.807) is 10.6 Å². The van der Waals surface area contributed by atoms with Crippen LogP contribution in [0.5, 0.6) is 0 Å². The molecular weight excluding hydrogens is 516 g/mol. The van der Waals surface area contributed by atoms with Gasteiger partial charge in [-0.2, -0.15) is 0 Å². The van der Waals surface area contributed by atoms with Gasteiger partial charge in [0, 0.05) is 29.7 Å². The van der Waals surface area contributed by atoms with Gasteiger partial charge in [-0.05, 0) is 69.9 Å². The number of anilines is 1. The fraction of sp³-hybridized carbons (Fsp3) is 0.406. The molecule has 216 valence electrons. The van der Waals surface area contributed by atoms with E-state index in [2.05, 4.69) is 45.5 Å². The molecule has 0 radical (unpaired) electrons. The second-order valence-corrected chi connectivity index (χ2v) is 11.1.